The third-order valence-corrected chi connectivity index (χ3v) is 8.44. The number of benzene rings is 3. The summed E-state index contributed by atoms with van der Waals surface area (Å²) < 4.78 is 11.7. The number of nitrogens with zero attached hydrogens (tertiary/aromatic N) is 2. The highest BCUT2D eigenvalue weighted by Crippen LogP contribution is 2.29. The van der Waals surface area contributed by atoms with Crippen LogP contribution in [-0.2, 0) is 19.5 Å². The van der Waals surface area contributed by atoms with Crippen molar-refractivity contribution in [3.8, 4) is 23.0 Å². The summed E-state index contributed by atoms with van der Waals surface area (Å²) in [7, 11) is 0. The third-order valence-electron chi connectivity index (χ3n) is 8.20. The molecule has 2 amide bonds. The molecular weight excluding hydrogens is 688 g/mol. The van der Waals surface area contributed by atoms with Gasteiger partial charge in [0.2, 0.25) is 0 Å². The van der Waals surface area contributed by atoms with E-state index in [0.717, 1.165) is 60.7 Å². The molecule has 10 nitrogen and oxygen atoms in total. The van der Waals surface area contributed by atoms with E-state index in [1.165, 1.54) is 23.5 Å². The number of carbonyl (C=O) groups is 2. The number of nitrogens with one attached hydrogen (secondary N) is 2. The van der Waals surface area contributed by atoms with Gasteiger partial charge >= 0.3 is 0 Å². The lowest BCUT2D eigenvalue weighted by Crippen LogP contribution is -2.20. The number of nitrogens with two attached hydrogens (primary N) is 2. The van der Waals surface area contributed by atoms with E-state index < -0.39 is 11.8 Å². The van der Waals surface area contributed by atoms with Crippen molar-refractivity contribution in [1.29, 1.82) is 0 Å². The molecule has 3 aromatic carbocycles. The zero-order chi connectivity index (χ0) is 38.4. The molecule has 0 saturated heterocycles. The van der Waals surface area contributed by atoms with E-state index in [1.54, 1.807) is 24.5 Å². The Kier molecular flexibility index (Phi) is 14.9. The van der Waals surface area contributed by atoms with Crippen LogP contribution in [0.1, 0.15) is 75.7 Å². The molecule has 0 bridgehead atoms. The first-order valence-electron chi connectivity index (χ1n) is 17.5. The minimum atomic E-state index is -0.568. The van der Waals surface area contributed by atoms with Gasteiger partial charge in [-0.1, -0.05) is 68.8 Å². The lowest BCUT2D eigenvalue weighted by Gasteiger charge is -2.18. The van der Waals surface area contributed by atoms with Crippen molar-refractivity contribution >= 4 is 23.4 Å². The zero-order valence-corrected chi connectivity index (χ0v) is 31.8. The quantitative estimate of drug-likeness (QED) is 0.0787. The predicted octanol–water partition coefficient (Wildman–Crippen LogP) is 8.07. The number of amides is 2. The molecule has 5 rings (SSSR count). The number of hydrogen-bond acceptors (Lipinski definition) is 8. The third kappa shape index (κ3) is 13.3. The Hall–Kier alpha value is -5.29. The largest absolute Gasteiger partial charge is 0.456 e. The van der Waals surface area contributed by atoms with E-state index in [9.17, 15) is 9.59 Å². The second kappa shape index (κ2) is 19.5. The number of ether oxygens (including phenoxy) is 2. The predicted molar refractivity (Wildman–Crippen MR) is 211 cm³/mol. The van der Waals surface area contributed by atoms with Gasteiger partial charge in [-0.05, 0) is 109 Å². The molecule has 278 valence electrons. The van der Waals surface area contributed by atoms with Crippen molar-refractivity contribution in [2.24, 2.45) is 16.9 Å². The van der Waals surface area contributed by atoms with Gasteiger partial charge in [0.1, 0.15) is 34.1 Å². The van der Waals surface area contributed by atoms with Crippen LogP contribution in [0.15, 0.2) is 97.6 Å². The van der Waals surface area contributed by atoms with Gasteiger partial charge in [0, 0.05) is 42.9 Å². The molecule has 0 spiro atoms. The van der Waals surface area contributed by atoms with E-state index in [0.29, 0.717) is 28.4 Å². The van der Waals surface area contributed by atoms with Gasteiger partial charge in [-0.2, -0.15) is 0 Å². The molecule has 0 unspecified atom stereocenters. The van der Waals surface area contributed by atoms with Gasteiger partial charge in [-0.25, -0.2) is 0 Å². The minimum Gasteiger partial charge on any atom is -0.456 e. The van der Waals surface area contributed by atoms with Crippen LogP contribution in [0.5, 0.6) is 23.0 Å². The summed E-state index contributed by atoms with van der Waals surface area (Å²) in [4.78, 5) is 30.8. The summed E-state index contributed by atoms with van der Waals surface area (Å²) in [5.74, 6) is 1.07. The first kappa shape index (κ1) is 40.5. The number of hydrogen-bond donors (Lipinski definition) is 4. The van der Waals surface area contributed by atoms with Crippen LogP contribution in [0.2, 0.25) is 5.02 Å². The zero-order valence-electron chi connectivity index (χ0n) is 31.0. The fraction of sp³-hybridized carbons (Fsp3) is 0.286. The van der Waals surface area contributed by atoms with Crippen molar-refractivity contribution in [3.05, 3.63) is 142 Å². The van der Waals surface area contributed by atoms with E-state index in [2.05, 4.69) is 59.6 Å². The van der Waals surface area contributed by atoms with Gasteiger partial charge in [0.25, 0.3) is 11.8 Å². The molecule has 0 aliphatic carbocycles. The highest BCUT2D eigenvalue weighted by Gasteiger charge is 2.13. The molecule has 0 saturated carbocycles. The molecule has 0 radical (unpaired) electrons. The lowest BCUT2D eigenvalue weighted by molar-refractivity contribution is 0.0989. The van der Waals surface area contributed by atoms with Crippen molar-refractivity contribution in [2.45, 2.75) is 60.5 Å². The van der Waals surface area contributed by atoms with Crippen molar-refractivity contribution in [2.75, 3.05) is 13.1 Å². The molecule has 11 heteroatoms. The molecule has 0 atom stereocenters. The number of halogens is 1. The highest BCUT2D eigenvalue weighted by molar-refractivity contribution is 6.30. The van der Waals surface area contributed by atoms with Crippen molar-refractivity contribution in [1.82, 2.24) is 20.6 Å². The maximum absolute atomic E-state index is 11.5. The summed E-state index contributed by atoms with van der Waals surface area (Å²) in [6.07, 6.45) is 8.01. The molecule has 2 heterocycles. The maximum atomic E-state index is 11.5. The Balaban J connectivity index is 0.000000238. The molecule has 5 aromatic rings. The molecular formula is C42H49ClN6O4. The Bertz CT molecular complexity index is 2000. The smallest absolute Gasteiger partial charge is 0.254 e. The van der Waals surface area contributed by atoms with Crippen LogP contribution in [0, 0.1) is 19.3 Å². The second-order valence-electron chi connectivity index (χ2n) is 13.9. The van der Waals surface area contributed by atoms with E-state index in [1.807, 2.05) is 56.3 Å². The van der Waals surface area contributed by atoms with Crippen LogP contribution in [0.25, 0.3) is 0 Å². The average Bonchev–Trinajstić information content (AvgIpc) is 3.11. The number of aryl methyl sites for hydroxylation is 2. The van der Waals surface area contributed by atoms with Gasteiger partial charge in [0.15, 0.2) is 0 Å². The Morgan fingerprint density at radius 3 is 1.64 bits per heavy atom. The number of aromatic nitrogens is 2. The van der Waals surface area contributed by atoms with E-state index in [4.69, 9.17) is 32.5 Å². The lowest BCUT2D eigenvalue weighted by atomic mass is 9.92. The van der Waals surface area contributed by atoms with Crippen molar-refractivity contribution < 1.29 is 19.1 Å². The summed E-state index contributed by atoms with van der Waals surface area (Å²) in [6, 6.07) is 23.2. The van der Waals surface area contributed by atoms with E-state index in [-0.39, 0.29) is 11.1 Å². The summed E-state index contributed by atoms with van der Waals surface area (Å²) in [5.41, 5.74) is 17.1. The average molecular weight is 737 g/mol. The first-order chi connectivity index (χ1) is 25.3. The van der Waals surface area contributed by atoms with E-state index >= 15 is 0 Å². The highest BCUT2D eigenvalue weighted by atomic mass is 35.5. The topological polar surface area (TPSA) is 154 Å². The van der Waals surface area contributed by atoms with Crippen molar-refractivity contribution in [3.63, 3.8) is 0 Å². The number of carbonyl (C=O) groups excluding carboxylic acids is 2. The first-order valence-corrected chi connectivity index (χ1v) is 17.8. The Morgan fingerprint density at radius 1 is 0.679 bits per heavy atom. The molecule has 0 aliphatic rings. The molecule has 6 N–H and O–H groups in total. The van der Waals surface area contributed by atoms with Crippen LogP contribution in [0.3, 0.4) is 0 Å². The van der Waals surface area contributed by atoms with Crippen LogP contribution < -0.4 is 31.6 Å². The standard InChI is InChI=1S/C22H22ClN3O2.C20H27N3O2/c1-15-11-17(13-25-9-7-16-3-2-4-18(23)12-16)5-6-20(15)28-21-8-10-26-14-19(21)22(24)27;1-14-11-15(12-23-10-8-20(2,3)4)5-6-17(14)25-18-7-9-22-13-16(18)19(21)24/h2-6,8,10-12,14,25H,7,9,13H2,1H3,(H2,24,27);5-7,9,11,13,23H,8,10,12H2,1-4H3,(H2,21,24). The van der Waals surface area contributed by atoms with Gasteiger partial charge in [0.05, 0.1) is 0 Å². The molecule has 2 aromatic heterocycles. The Labute approximate surface area is 317 Å². The molecule has 53 heavy (non-hydrogen) atoms. The molecule has 0 fully saturated rings. The SMILES string of the molecule is Cc1cc(CNCCC(C)(C)C)ccc1Oc1ccncc1C(N)=O.Cc1cc(CNCCc2cccc(Cl)c2)ccc1Oc1ccncc1C(N)=O. The van der Waals surface area contributed by atoms with Crippen LogP contribution >= 0.6 is 11.6 Å². The van der Waals surface area contributed by atoms with Crippen LogP contribution in [0.4, 0.5) is 0 Å². The normalized spacial score (nSPS) is 11.0. The molecule has 0 aliphatic heterocycles. The summed E-state index contributed by atoms with van der Waals surface area (Å²) >= 11 is 6.01. The number of primary amides is 2. The Morgan fingerprint density at radius 2 is 1.19 bits per heavy atom. The second-order valence-corrected chi connectivity index (χ2v) is 14.4. The number of rotatable bonds is 15. The minimum absolute atomic E-state index is 0.258. The monoisotopic (exact) mass is 736 g/mol. The fourth-order valence-electron chi connectivity index (χ4n) is 5.27. The summed E-state index contributed by atoms with van der Waals surface area (Å²) in [6.45, 7) is 14.1. The van der Waals surface area contributed by atoms with Gasteiger partial charge in [-0.15, -0.1) is 0 Å². The van der Waals surface area contributed by atoms with Gasteiger partial charge in [-0.3, -0.25) is 19.6 Å². The summed E-state index contributed by atoms with van der Waals surface area (Å²) in [5, 5.41) is 7.67. The fourth-order valence-corrected chi connectivity index (χ4v) is 5.49. The van der Waals surface area contributed by atoms with Crippen LogP contribution in [-0.4, -0.2) is 34.9 Å². The van der Waals surface area contributed by atoms with Gasteiger partial charge < -0.3 is 31.6 Å². The number of pyridine rings is 2. The maximum Gasteiger partial charge on any atom is 0.254 e.